The summed E-state index contributed by atoms with van der Waals surface area (Å²) in [5.41, 5.74) is -1.02. The minimum Gasteiger partial charge on any atom is -0.345 e. The summed E-state index contributed by atoms with van der Waals surface area (Å²) in [4.78, 5) is 11.0. The SMILES string of the molecule is CC1(NC(=O)C(F)(F)C(F)(F)F)CCNCC1. The summed E-state index contributed by atoms with van der Waals surface area (Å²) in [6, 6.07) is 0. The third-order valence-corrected chi connectivity index (χ3v) is 2.76. The molecule has 3 nitrogen and oxygen atoms in total. The largest absolute Gasteiger partial charge is 0.463 e. The van der Waals surface area contributed by atoms with Crippen LogP contribution in [0.1, 0.15) is 19.8 Å². The summed E-state index contributed by atoms with van der Waals surface area (Å²) in [5, 5.41) is 4.71. The first kappa shape index (κ1) is 14.1. The molecule has 2 N–H and O–H groups in total. The molecule has 0 aromatic rings. The van der Waals surface area contributed by atoms with Gasteiger partial charge in [0.1, 0.15) is 0 Å². The molecule has 0 unspecified atom stereocenters. The van der Waals surface area contributed by atoms with Crippen LogP contribution in [0.15, 0.2) is 0 Å². The van der Waals surface area contributed by atoms with E-state index >= 15 is 0 Å². The average molecular weight is 260 g/mol. The van der Waals surface area contributed by atoms with E-state index in [4.69, 9.17) is 0 Å². The van der Waals surface area contributed by atoms with Crippen LogP contribution in [0.25, 0.3) is 0 Å². The summed E-state index contributed by atoms with van der Waals surface area (Å²) >= 11 is 0. The number of halogens is 5. The summed E-state index contributed by atoms with van der Waals surface area (Å²) in [7, 11) is 0. The van der Waals surface area contributed by atoms with Crippen molar-refractivity contribution in [1.29, 1.82) is 0 Å². The number of carbonyl (C=O) groups is 1. The Morgan fingerprint density at radius 2 is 1.65 bits per heavy atom. The molecule has 1 saturated heterocycles. The number of nitrogens with one attached hydrogen (secondary N) is 2. The third-order valence-electron chi connectivity index (χ3n) is 2.76. The van der Waals surface area contributed by atoms with Crippen molar-refractivity contribution in [3.63, 3.8) is 0 Å². The van der Waals surface area contributed by atoms with Gasteiger partial charge in [-0.2, -0.15) is 22.0 Å². The number of hydrogen-bond donors (Lipinski definition) is 2. The van der Waals surface area contributed by atoms with Crippen molar-refractivity contribution >= 4 is 5.91 Å². The zero-order chi connectivity index (χ0) is 13.3. The third kappa shape index (κ3) is 3.05. The summed E-state index contributed by atoms with van der Waals surface area (Å²) in [6.45, 7) is 2.39. The molecule has 100 valence electrons. The second-order valence-electron chi connectivity index (χ2n) is 4.34. The quantitative estimate of drug-likeness (QED) is 0.738. The molecular weight excluding hydrogens is 247 g/mol. The van der Waals surface area contributed by atoms with E-state index in [1.807, 2.05) is 0 Å². The van der Waals surface area contributed by atoms with E-state index in [2.05, 4.69) is 5.32 Å². The topological polar surface area (TPSA) is 41.1 Å². The van der Waals surface area contributed by atoms with Gasteiger partial charge in [-0.15, -0.1) is 0 Å². The van der Waals surface area contributed by atoms with Crippen LogP contribution < -0.4 is 10.6 Å². The highest BCUT2D eigenvalue weighted by atomic mass is 19.4. The molecule has 0 aliphatic carbocycles. The Labute approximate surface area is 94.7 Å². The fourth-order valence-electron chi connectivity index (χ4n) is 1.58. The van der Waals surface area contributed by atoms with Crippen LogP contribution in [-0.2, 0) is 4.79 Å². The maximum absolute atomic E-state index is 12.7. The first-order valence-electron chi connectivity index (χ1n) is 5.06. The standard InChI is InChI=1S/C9H13F5N2O/c1-7(2-4-15-5-3-7)16-6(17)8(10,11)9(12,13)14/h15H,2-5H2,1H3,(H,16,17). The van der Waals surface area contributed by atoms with Crippen LogP contribution >= 0.6 is 0 Å². The summed E-state index contributed by atoms with van der Waals surface area (Å²) < 4.78 is 61.2. The van der Waals surface area contributed by atoms with Gasteiger partial charge in [0.25, 0.3) is 0 Å². The maximum atomic E-state index is 12.7. The van der Waals surface area contributed by atoms with E-state index < -0.39 is 23.5 Å². The molecule has 0 aromatic carbocycles. The van der Waals surface area contributed by atoms with Crippen molar-refractivity contribution < 1.29 is 26.7 Å². The van der Waals surface area contributed by atoms with Crippen molar-refractivity contribution in [3.05, 3.63) is 0 Å². The Bertz CT molecular complexity index is 296. The fraction of sp³-hybridized carbons (Fsp3) is 0.889. The molecule has 1 aliphatic rings. The Hall–Kier alpha value is -0.920. The molecule has 0 saturated carbocycles. The molecule has 1 amide bonds. The van der Waals surface area contributed by atoms with Gasteiger partial charge in [0.05, 0.1) is 0 Å². The molecule has 1 fully saturated rings. The highest BCUT2D eigenvalue weighted by molar-refractivity contribution is 5.85. The lowest BCUT2D eigenvalue weighted by Gasteiger charge is -2.36. The van der Waals surface area contributed by atoms with E-state index in [0.717, 1.165) is 0 Å². The number of carbonyl (C=O) groups excluding carboxylic acids is 1. The summed E-state index contributed by atoms with van der Waals surface area (Å²) in [5.74, 6) is -7.63. The Balaban J connectivity index is 2.71. The molecule has 8 heteroatoms. The zero-order valence-corrected chi connectivity index (χ0v) is 9.13. The van der Waals surface area contributed by atoms with Crippen LogP contribution in [0.4, 0.5) is 22.0 Å². The molecule has 1 rings (SSSR count). The van der Waals surface area contributed by atoms with Crippen LogP contribution in [-0.4, -0.2) is 36.6 Å². The highest BCUT2D eigenvalue weighted by Crippen LogP contribution is 2.36. The predicted octanol–water partition coefficient (Wildman–Crippen LogP) is 1.44. The molecular formula is C9H13F5N2O. The lowest BCUT2D eigenvalue weighted by Crippen LogP contribution is -2.59. The van der Waals surface area contributed by atoms with Crippen molar-refractivity contribution in [2.24, 2.45) is 0 Å². The Kier molecular flexibility index (Phi) is 3.66. The van der Waals surface area contributed by atoms with Gasteiger partial charge in [0, 0.05) is 5.54 Å². The number of rotatable bonds is 2. The van der Waals surface area contributed by atoms with E-state index in [9.17, 15) is 26.7 Å². The number of amides is 1. The van der Waals surface area contributed by atoms with Gasteiger partial charge in [0.15, 0.2) is 0 Å². The first-order valence-corrected chi connectivity index (χ1v) is 5.06. The molecule has 17 heavy (non-hydrogen) atoms. The van der Waals surface area contributed by atoms with Crippen LogP contribution in [0.5, 0.6) is 0 Å². The molecule has 0 atom stereocenters. The van der Waals surface area contributed by atoms with E-state index in [-0.39, 0.29) is 0 Å². The Morgan fingerprint density at radius 1 is 1.18 bits per heavy atom. The number of hydrogen-bond acceptors (Lipinski definition) is 2. The van der Waals surface area contributed by atoms with Crippen molar-refractivity contribution in [2.45, 2.75) is 37.4 Å². The molecule has 0 bridgehead atoms. The molecule has 1 aliphatic heterocycles. The van der Waals surface area contributed by atoms with Crippen molar-refractivity contribution in [1.82, 2.24) is 10.6 Å². The molecule has 0 aromatic heterocycles. The van der Waals surface area contributed by atoms with Gasteiger partial charge >= 0.3 is 18.0 Å². The lowest BCUT2D eigenvalue weighted by molar-refractivity contribution is -0.270. The highest BCUT2D eigenvalue weighted by Gasteiger charge is 2.64. The van der Waals surface area contributed by atoms with E-state index in [0.29, 0.717) is 25.9 Å². The van der Waals surface area contributed by atoms with Crippen molar-refractivity contribution in [3.8, 4) is 0 Å². The van der Waals surface area contributed by atoms with Gasteiger partial charge in [-0.1, -0.05) is 0 Å². The van der Waals surface area contributed by atoms with Gasteiger partial charge in [0.2, 0.25) is 0 Å². The molecule has 0 spiro atoms. The lowest BCUT2D eigenvalue weighted by atomic mass is 9.90. The zero-order valence-electron chi connectivity index (χ0n) is 9.13. The molecule has 1 heterocycles. The predicted molar refractivity (Wildman–Crippen MR) is 49.7 cm³/mol. The van der Waals surface area contributed by atoms with Gasteiger partial charge < -0.3 is 10.6 Å². The first-order chi connectivity index (χ1) is 7.58. The maximum Gasteiger partial charge on any atom is 0.463 e. The smallest absolute Gasteiger partial charge is 0.345 e. The molecule has 0 radical (unpaired) electrons. The van der Waals surface area contributed by atoms with Crippen LogP contribution in [0.3, 0.4) is 0 Å². The second-order valence-corrected chi connectivity index (χ2v) is 4.34. The normalized spacial score (nSPS) is 21.1. The van der Waals surface area contributed by atoms with Gasteiger partial charge in [-0.25, -0.2) is 0 Å². The number of alkyl halides is 5. The van der Waals surface area contributed by atoms with Gasteiger partial charge in [-0.05, 0) is 32.9 Å². The van der Waals surface area contributed by atoms with Crippen molar-refractivity contribution in [2.75, 3.05) is 13.1 Å². The van der Waals surface area contributed by atoms with E-state index in [1.54, 1.807) is 5.32 Å². The van der Waals surface area contributed by atoms with Crippen LogP contribution in [0.2, 0.25) is 0 Å². The second kappa shape index (κ2) is 4.40. The Morgan fingerprint density at radius 3 is 2.06 bits per heavy atom. The summed E-state index contributed by atoms with van der Waals surface area (Å²) in [6.07, 6.45) is -5.24. The average Bonchev–Trinajstić information content (AvgIpc) is 2.16. The van der Waals surface area contributed by atoms with E-state index in [1.165, 1.54) is 6.92 Å². The fourth-order valence-corrected chi connectivity index (χ4v) is 1.58. The van der Waals surface area contributed by atoms with Crippen LogP contribution in [0, 0.1) is 0 Å². The monoisotopic (exact) mass is 260 g/mol. The minimum absolute atomic E-state index is 0.312. The number of piperidine rings is 1. The van der Waals surface area contributed by atoms with Gasteiger partial charge in [-0.3, -0.25) is 4.79 Å². The minimum atomic E-state index is -5.86.